The summed E-state index contributed by atoms with van der Waals surface area (Å²) in [4.78, 5) is 10.1. The van der Waals surface area contributed by atoms with Gasteiger partial charge in [-0.05, 0) is 23.3 Å². The number of ether oxygens (including phenoxy) is 1. The lowest BCUT2D eigenvalue weighted by atomic mass is 10.1. The van der Waals surface area contributed by atoms with Crippen LogP contribution >= 0.6 is 0 Å². The van der Waals surface area contributed by atoms with Gasteiger partial charge < -0.3 is 4.74 Å². The van der Waals surface area contributed by atoms with Crippen LogP contribution in [0.25, 0.3) is 11.1 Å². The van der Waals surface area contributed by atoms with Crippen LogP contribution in [0.4, 0.5) is 0 Å². The van der Waals surface area contributed by atoms with Crippen molar-refractivity contribution in [2.75, 3.05) is 6.61 Å². The van der Waals surface area contributed by atoms with Crippen molar-refractivity contribution in [2.45, 2.75) is 34.1 Å². The van der Waals surface area contributed by atoms with Crippen molar-refractivity contribution in [3.63, 3.8) is 0 Å². The maximum atomic E-state index is 10.1. The van der Waals surface area contributed by atoms with E-state index in [1.165, 1.54) is 12.0 Å². The Bertz CT molecular complexity index is 461. The highest BCUT2D eigenvalue weighted by molar-refractivity contribution is 5.64. The number of aldehydes is 1. The summed E-state index contributed by atoms with van der Waals surface area (Å²) in [6, 6.07) is 17.8. The van der Waals surface area contributed by atoms with Crippen LogP contribution in [-0.2, 0) is 4.79 Å². The van der Waals surface area contributed by atoms with Gasteiger partial charge >= 0.3 is 0 Å². The van der Waals surface area contributed by atoms with E-state index in [0.29, 0.717) is 5.75 Å². The summed E-state index contributed by atoms with van der Waals surface area (Å²) < 4.78 is 5.18. The quantitative estimate of drug-likeness (QED) is 0.706. The summed E-state index contributed by atoms with van der Waals surface area (Å²) in [5.74, 6) is 0.715. The molecule has 0 bridgehead atoms. The van der Waals surface area contributed by atoms with E-state index < -0.39 is 0 Å². The fraction of sp³-hybridized carbons (Fsp3) is 0.316. The molecule has 21 heavy (non-hydrogen) atoms. The molecule has 0 N–H and O–H groups in total. The molecule has 0 fully saturated rings. The number of hydrogen-bond donors (Lipinski definition) is 0. The topological polar surface area (TPSA) is 26.3 Å². The number of rotatable bonds is 4. The summed E-state index contributed by atoms with van der Waals surface area (Å²) in [6.07, 6.45) is 1.99. The molecule has 0 saturated heterocycles. The molecule has 0 spiro atoms. The van der Waals surface area contributed by atoms with E-state index in [-0.39, 0.29) is 6.61 Å². The van der Waals surface area contributed by atoms with Gasteiger partial charge in [0.15, 0.2) is 6.29 Å². The lowest BCUT2D eigenvalue weighted by Crippen LogP contribution is -1.96. The van der Waals surface area contributed by atoms with Crippen LogP contribution in [-0.4, -0.2) is 12.9 Å². The number of benzene rings is 2. The molecule has 2 aromatic rings. The van der Waals surface area contributed by atoms with Crippen LogP contribution in [0, 0.1) is 0 Å². The first-order chi connectivity index (χ1) is 10.3. The standard InChI is InChI=1S/C14H12O2.C3H8.C2H6/c15-10-11-16-14-8-6-13(7-9-14)12-4-2-1-3-5-12;1-3-2;1-2/h1-10H,11H2;3H2,1-2H3;1-2H3. The number of hydrogen-bond acceptors (Lipinski definition) is 2. The molecule has 0 aliphatic carbocycles. The molecule has 0 amide bonds. The first-order valence-electron chi connectivity index (χ1n) is 7.53. The molecule has 114 valence electrons. The van der Waals surface area contributed by atoms with Gasteiger partial charge in [0, 0.05) is 0 Å². The SMILES string of the molecule is CC.CCC.O=CCOc1ccc(-c2ccccc2)cc1. The zero-order valence-corrected chi connectivity index (χ0v) is 13.5. The summed E-state index contributed by atoms with van der Waals surface area (Å²) in [5, 5.41) is 0. The Balaban J connectivity index is 0.000000713. The second-order valence-electron chi connectivity index (χ2n) is 4.08. The monoisotopic (exact) mass is 286 g/mol. The maximum absolute atomic E-state index is 10.1. The normalized spacial score (nSPS) is 8.57. The van der Waals surface area contributed by atoms with Crippen molar-refractivity contribution < 1.29 is 9.53 Å². The third kappa shape index (κ3) is 7.93. The summed E-state index contributed by atoms with van der Waals surface area (Å²) in [6.45, 7) is 8.35. The molecule has 0 aliphatic heterocycles. The fourth-order valence-electron chi connectivity index (χ4n) is 1.50. The van der Waals surface area contributed by atoms with E-state index in [9.17, 15) is 4.79 Å². The Labute approximate surface area is 128 Å². The Hall–Kier alpha value is -2.09. The summed E-state index contributed by atoms with van der Waals surface area (Å²) >= 11 is 0. The molecule has 2 aromatic carbocycles. The van der Waals surface area contributed by atoms with Gasteiger partial charge in [-0.3, -0.25) is 4.79 Å². The molecule has 2 rings (SSSR count). The zero-order chi connectivity index (χ0) is 15.9. The van der Waals surface area contributed by atoms with E-state index in [1.807, 2.05) is 56.3 Å². The van der Waals surface area contributed by atoms with Crippen LogP contribution in [0.1, 0.15) is 34.1 Å². The van der Waals surface area contributed by atoms with Crippen molar-refractivity contribution in [1.82, 2.24) is 0 Å². The highest BCUT2D eigenvalue weighted by Gasteiger charge is 1.97. The first kappa shape index (κ1) is 18.9. The second-order valence-corrected chi connectivity index (χ2v) is 4.08. The minimum atomic E-state index is 0.102. The van der Waals surface area contributed by atoms with Crippen LogP contribution in [0.5, 0.6) is 5.75 Å². The molecule has 0 aromatic heterocycles. The lowest BCUT2D eigenvalue weighted by Gasteiger charge is -2.04. The van der Waals surface area contributed by atoms with Crippen molar-refractivity contribution in [1.29, 1.82) is 0 Å². The van der Waals surface area contributed by atoms with Gasteiger partial charge in [0.2, 0.25) is 0 Å². The van der Waals surface area contributed by atoms with E-state index >= 15 is 0 Å². The zero-order valence-electron chi connectivity index (χ0n) is 13.5. The fourth-order valence-corrected chi connectivity index (χ4v) is 1.50. The Morgan fingerprint density at radius 3 is 1.81 bits per heavy atom. The second kappa shape index (κ2) is 12.9. The highest BCUT2D eigenvalue weighted by Crippen LogP contribution is 2.21. The van der Waals surface area contributed by atoms with Crippen LogP contribution < -0.4 is 4.74 Å². The number of carbonyl (C=O) groups is 1. The number of carbonyl (C=O) groups excluding carboxylic acids is 1. The molecule has 0 unspecified atom stereocenters. The van der Waals surface area contributed by atoms with Gasteiger partial charge in [0.05, 0.1) is 0 Å². The molecule has 2 nitrogen and oxygen atoms in total. The predicted molar refractivity (Wildman–Crippen MR) is 90.8 cm³/mol. The molecule has 2 heteroatoms. The van der Waals surface area contributed by atoms with Gasteiger partial charge in [-0.25, -0.2) is 0 Å². The van der Waals surface area contributed by atoms with Crippen LogP contribution in [0.3, 0.4) is 0 Å². The summed E-state index contributed by atoms with van der Waals surface area (Å²) in [7, 11) is 0. The smallest absolute Gasteiger partial charge is 0.157 e. The highest BCUT2D eigenvalue weighted by atomic mass is 16.5. The van der Waals surface area contributed by atoms with E-state index in [0.717, 1.165) is 11.8 Å². The van der Waals surface area contributed by atoms with Crippen molar-refractivity contribution in [3.8, 4) is 16.9 Å². The third-order valence-electron chi connectivity index (χ3n) is 2.28. The molecular formula is C19H26O2. The third-order valence-corrected chi connectivity index (χ3v) is 2.28. The van der Waals surface area contributed by atoms with Crippen LogP contribution in [0.2, 0.25) is 0 Å². The Morgan fingerprint density at radius 1 is 0.857 bits per heavy atom. The molecule has 0 heterocycles. The molecule has 0 saturated carbocycles. The van der Waals surface area contributed by atoms with Gasteiger partial charge in [-0.15, -0.1) is 0 Å². The van der Waals surface area contributed by atoms with Crippen molar-refractivity contribution in [3.05, 3.63) is 54.6 Å². The first-order valence-corrected chi connectivity index (χ1v) is 7.53. The average molecular weight is 286 g/mol. The van der Waals surface area contributed by atoms with Gasteiger partial charge in [-0.1, -0.05) is 76.6 Å². The average Bonchev–Trinajstić information content (AvgIpc) is 2.57. The van der Waals surface area contributed by atoms with Crippen molar-refractivity contribution >= 4 is 6.29 Å². The Morgan fingerprint density at radius 2 is 1.33 bits per heavy atom. The molecule has 0 atom stereocenters. The van der Waals surface area contributed by atoms with Gasteiger partial charge in [0.1, 0.15) is 12.4 Å². The van der Waals surface area contributed by atoms with Gasteiger partial charge in [0.25, 0.3) is 0 Å². The minimum absolute atomic E-state index is 0.102. The molecular weight excluding hydrogens is 260 g/mol. The summed E-state index contributed by atoms with van der Waals surface area (Å²) in [5.41, 5.74) is 2.31. The predicted octanol–water partition coefficient (Wildman–Crippen LogP) is 5.37. The largest absolute Gasteiger partial charge is 0.486 e. The molecule has 0 aliphatic rings. The van der Waals surface area contributed by atoms with Crippen LogP contribution in [0.15, 0.2) is 54.6 Å². The van der Waals surface area contributed by atoms with Crippen molar-refractivity contribution in [2.24, 2.45) is 0 Å². The molecule has 0 radical (unpaired) electrons. The maximum Gasteiger partial charge on any atom is 0.157 e. The van der Waals surface area contributed by atoms with Gasteiger partial charge in [-0.2, -0.15) is 0 Å². The van der Waals surface area contributed by atoms with E-state index in [2.05, 4.69) is 26.0 Å². The lowest BCUT2D eigenvalue weighted by molar-refractivity contribution is -0.109. The minimum Gasteiger partial charge on any atom is -0.486 e. The Kier molecular flexibility index (Phi) is 11.6. The van der Waals surface area contributed by atoms with E-state index in [4.69, 9.17) is 4.74 Å². The van der Waals surface area contributed by atoms with E-state index in [1.54, 1.807) is 0 Å².